The summed E-state index contributed by atoms with van der Waals surface area (Å²) in [5.74, 6) is -1.73. The molecule has 0 unspecified atom stereocenters. The van der Waals surface area contributed by atoms with Crippen LogP contribution in [-0.2, 0) is 26.2 Å². The summed E-state index contributed by atoms with van der Waals surface area (Å²) in [4.78, 5) is 39.1. The summed E-state index contributed by atoms with van der Waals surface area (Å²) >= 11 is 0. The molecule has 0 radical (unpaired) electrons. The van der Waals surface area contributed by atoms with Gasteiger partial charge in [-0.2, -0.15) is 0 Å². The number of nitrogens with zero attached hydrogens (tertiary/aromatic N) is 1. The van der Waals surface area contributed by atoms with Crippen LogP contribution in [0.15, 0.2) is 102 Å². The highest BCUT2D eigenvalue weighted by Gasteiger charge is 2.29. The van der Waals surface area contributed by atoms with Crippen LogP contribution in [0.1, 0.15) is 56.5 Å². The van der Waals surface area contributed by atoms with E-state index < -0.39 is 40.0 Å². The zero-order chi connectivity index (χ0) is 35.7. The highest BCUT2D eigenvalue weighted by atomic mass is 32.2. The lowest BCUT2D eigenvalue weighted by Gasteiger charge is -2.28. The fourth-order valence-corrected chi connectivity index (χ4v) is 6.76. The Bertz CT molecular complexity index is 1860. The standard InChI is InChI=1S/C38H46N4O6S/c1-25(2)20-34(35(43)21-26(3)36(44)40-27(4)37(45)39-24-28-12-7-6-8-13-28)41-38(46)31-16-11-17-32(22-31)42(5)49(47,48)33-19-18-29-14-9-10-15-30(29)23-33/h6-19,22-23,25-27,34-35,43H,20-21,24H2,1-5H3,(H,39,45)(H,40,44)(H,41,46)/t26-,27-,34+,35+/m1/s1. The number of rotatable bonds is 15. The van der Waals surface area contributed by atoms with Gasteiger partial charge in [0, 0.05) is 25.1 Å². The van der Waals surface area contributed by atoms with Gasteiger partial charge in [0.2, 0.25) is 11.8 Å². The Morgan fingerprint density at radius 2 is 1.43 bits per heavy atom. The molecule has 4 aromatic carbocycles. The van der Waals surface area contributed by atoms with Crippen LogP contribution in [0.25, 0.3) is 10.8 Å². The van der Waals surface area contributed by atoms with Crippen molar-refractivity contribution in [2.75, 3.05) is 11.4 Å². The van der Waals surface area contributed by atoms with Crippen LogP contribution in [0, 0.1) is 11.8 Å². The van der Waals surface area contributed by atoms with E-state index in [0.29, 0.717) is 18.7 Å². The van der Waals surface area contributed by atoms with E-state index in [0.717, 1.165) is 20.6 Å². The summed E-state index contributed by atoms with van der Waals surface area (Å²) in [6, 6.07) is 26.7. The Hall–Kier alpha value is -4.74. The molecule has 0 aromatic heterocycles. The Morgan fingerprint density at radius 3 is 2.12 bits per heavy atom. The molecule has 260 valence electrons. The monoisotopic (exact) mass is 686 g/mol. The van der Waals surface area contributed by atoms with E-state index in [1.54, 1.807) is 50.2 Å². The zero-order valence-electron chi connectivity index (χ0n) is 28.6. The number of benzene rings is 4. The Labute approximate surface area is 289 Å². The van der Waals surface area contributed by atoms with Crippen LogP contribution in [0.4, 0.5) is 5.69 Å². The largest absolute Gasteiger partial charge is 0.391 e. The number of carbonyl (C=O) groups is 3. The van der Waals surface area contributed by atoms with Crippen molar-refractivity contribution in [1.29, 1.82) is 0 Å². The second-order valence-corrected chi connectivity index (χ2v) is 14.8. The van der Waals surface area contributed by atoms with E-state index in [-0.39, 0.29) is 34.6 Å². The molecule has 4 N–H and O–H groups in total. The van der Waals surface area contributed by atoms with Gasteiger partial charge >= 0.3 is 0 Å². The third kappa shape index (κ3) is 9.90. The summed E-state index contributed by atoms with van der Waals surface area (Å²) in [6.07, 6.45) is -0.571. The van der Waals surface area contributed by atoms with Gasteiger partial charge in [0.05, 0.1) is 22.7 Å². The normalized spacial score (nSPS) is 14.0. The van der Waals surface area contributed by atoms with Crippen molar-refractivity contribution >= 4 is 44.2 Å². The number of anilines is 1. The minimum atomic E-state index is -3.93. The predicted molar refractivity (Wildman–Crippen MR) is 192 cm³/mol. The van der Waals surface area contributed by atoms with Crippen molar-refractivity contribution < 1.29 is 27.9 Å². The fourth-order valence-electron chi connectivity index (χ4n) is 5.53. The van der Waals surface area contributed by atoms with Crippen molar-refractivity contribution in [2.24, 2.45) is 11.8 Å². The number of hydrogen-bond donors (Lipinski definition) is 4. The molecule has 0 bridgehead atoms. The summed E-state index contributed by atoms with van der Waals surface area (Å²) < 4.78 is 28.2. The molecule has 3 amide bonds. The van der Waals surface area contributed by atoms with Gasteiger partial charge in [-0.25, -0.2) is 8.42 Å². The highest BCUT2D eigenvalue weighted by molar-refractivity contribution is 7.92. The number of sulfonamides is 1. The Morgan fingerprint density at radius 1 is 0.755 bits per heavy atom. The average molecular weight is 687 g/mol. The first-order valence-corrected chi connectivity index (χ1v) is 17.9. The quantitative estimate of drug-likeness (QED) is 0.138. The molecule has 11 heteroatoms. The van der Waals surface area contributed by atoms with Crippen LogP contribution in [0.3, 0.4) is 0 Å². The molecule has 0 aliphatic heterocycles. The molecule has 0 fully saturated rings. The second-order valence-electron chi connectivity index (χ2n) is 12.9. The molecule has 0 spiro atoms. The maximum Gasteiger partial charge on any atom is 0.264 e. The van der Waals surface area contributed by atoms with Crippen molar-refractivity contribution in [1.82, 2.24) is 16.0 Å². The highest BCUT2D eigenvalue weighted by Crippen LogP contribution is 2.26. The first-order chi connectivity index (χ1) is 23.3. The molecule has 10 nitrogen and oxygen atoms in total. The van der Waals surface area contributed by atoms with E-state index in [4.69, 9.17) is 0 Å². The van der Waals surface area contributed by atoms with Crippen molar-refractivity contribution in [3.8, 4) is 0 Å². The molecule has 4 aromatic rings. The molecule has 4 atom stereocenters. The van der Waals surface area contributed by atoms with Gasteiger partial charge in [-0.15, -0.1) is 0 Å². The molecular weight excluding hydrogens is 641 g/mol. The summed E-state index contributed by atoms with van der Waals surface area (Å²) in [7, 11) is -2.49. The molecule has 0 aliphatic rings. The number of aliphatic hydroxyl groups excluding tert-OH is 1. The minimum absolute atomic E-state index is 0.0502. The van der Waals surface area contributed by atoms with E-state index in [2.05, 4.69) is 16.0 Å². The Balaban J connectivity index is 1.39. The first-order valence-electron chi connectivity index (χ1n) is 16.4. The lowest BCUT2D eigenvalue weighted by molar-refractivity contribution is -0.131. The lowest BCUT2D eigenvalue weighted by atomic mass is 9.92. The minimum Gasteiger partial charge on any atom is -0.391 e. The van der Waals surface area contributed by atoms with E-state index >= 15 is 0 Å². The van der Waals surface area contributed by atoms with E-state index in [1.807, 2.05) is 68.4 Å². The summed E-state index contributed by atoms with van der Waals surface area (Å²) in [6.45, 7) is 7.53. The molecule has 4 rings (SSSR count). The smallest absolute Gasteiger partial charge is 0.264 e. The number of hydrogen-bond acceptors (Lipinski definition) is 6. The number of carbonyl (C=O) groups excluding carboxylic acids is 3. The van der Waals surface area contributed by atoms with Gasteiger partial charge in [0.25, 0.3) is 15.9 Å². The fraction of sp³-hybridized carbons (Fsp3) is 0.342. The molecule has 49 heavy (non-hydrogen) atoms. The topological polar surface area (TPSA) is 145 Å². The van der Waals surface area contributed by atoms with Crippen molar-refractivity contribution in [2.45, 2.75) is 70.2 Å². The molecule has 0 heterocycles. The van der Waals surface area contributed by atoms with Crippen LogP contribution in [-0.4, -0.2) is 56.5 Å². The number of aliphatic hydroxyl groups is 1. The van der Waals surface area contributed by atoms with Crippen LogP contribution in [0.2, 0.25) is 0 Å². The maximum atomic E-state index is 13.5. The lowest BCUT2D eigenvalue weighted by Crippen LogP contribution is -2.48. The number of amides is 3. The molecule has 0 saturated heterocycles. The van der Waals surface area contributed by atoms with Gasteiger partial charge in [0.15, 0.2) is 0 Å². The van der Waals surface area contributed by atoms with Gasteiger partial charge in [0.1, 0.15) is 6.04 Å². The third-order valence-corrected chi connectivity index (χ3v) is 10.2. The first kappa shape index (κ1) is 37.1. The SMILES string of the molecule is CC(C)C[C@H](NC(=O)c1cccc(N(C)S(=O)(=O)c2ccc3ccccc3c2)c1)[C@@H](O)C[C@@H](C)C(=O)N[C@H](C)C(=O)NCc1ccccc1. The maximum absolute atomic E-state index is 13.5. The van der Waals surface area contributed by atoms with Gasteiger partial charge in [-0.1, -0.05) is 87.5 Å². The predicted octanol–water partition coefficient (Wildman–Crippen LogP) is 5.02. The number of nitrogens with one attached hydrogen (secondary N) is 3. The summed E-state index contributed by atoms with van der Waals surface area (Å²) in [5, 5.41) is 21.4. The van der Waals surface area contributed by atoms with Gasteiger partial charge < -0.3 is 21.1 Å². The zero-order valence-corrected chi connectivity index (χ0v) is 29.4. The average Bonchev–Trinajstić information content (AvgIpc) is 3.09. The van der Waals surface area contributed by atoms with Crippen molar-refractivity contribution in [3.05, 3.63) is 108 Å². The van der Waals surface area contributed by atoms with Crippen LogP contribution >= 0.6 is 0 Å². The van der Waals surface area contributed by atoms with Crippen molar-refractivity contribution in [3.63, 3.8) is 0 Å². The molecular formula is C38H46N4O6S. The van der Waals surface area contributed by atoms with Crippen LogP contribution < -0.4 is 20.3 Å². The number of fused-ring (bicyclic) bond motifs is 1. The second kappa shape index (κ2) is 16.6. The Kier molecular flexibility index (Phi) is 12.5. The third-order valence-electron chi connectivity index (χ3n) is 8.46. The van der Waals surface area contributed by atoms with Gasteiger partial charge in [-0.3, -0.25) is 18.7 Å². The summed E-state index contributed by atoms with van der Waals surface area (Å²) in [5.41, 5.74) is 1.46. The van der Waals surface area contributed by atoms with E-state index in [9.17, 15) is 27.9 Å². The molecule has 0 saturated carbocycles. The van der Waals surface area contributed by atoms with E-state index in [1.165, 1.54) is 13.1 Å². The molecule has 0 aliphatic carbocycles. The van der Waals surface area contributed by atoms with Gasteiger partial charge in [-0.05, 0) is 72.4 Å². The van der Waals surface area contributed by atoms with Crippen LogP contribution in [0.5, 0.6) is 0 Å².